The van der Waals surface area contributed by atoms with E-state index in [2.05, 4.69) is 20.5 Å². The monoisotopic (exact) mass is 806 g/mol. The molecule has 0 amide bonds. The molecule has 292 valence electrons. The molecule has 0 spiro atoms. The van der Waals surface area contributed by atoms with Crippen LogP contribution < -0.4 is 11.1 Å². The molecule has 0 atom stereocenters. The summed E-state index contributed by atoms with van der Waals surface area (Å²) in [4.78, 5) is 26.6. The SMILES string of the molecule is O=c1c(N=Nc2cc(S(=O)(=O)c3ccc(O)c(N=Nc4c(O)n(-c5ccccc5)n(-c5ccccc5)c4=O)c3)ccc2O)c(O)n(-c2ccccc2)n1-c1ccccc1. The highest BCUT2D eigenvalue weighted by molar-refractivity contribution is 7.91. The Balaban J connectivity index is 1.14. The van der Waals surface area contributed by atoms with Crippen LogP contribution in [0.2, 0.25) is 0 Å². The number of rotatable bonds is 10. The number of azo groups is 2. The molecule has 0 aliphatic carbocycles. The van der Waals surface area contributed by atoms with E-state index < -0.39 is 55.6 Å². The summed E-state index contributed by atoms with van der Waals surface area (Å²) >= 11 is 0. The zero-order valence-corrected chi connectivity index (χ0v) is 31.2. The van der Waals surface area contributed by atoms with Gasteiger partial charge in [0.05, 0.1) is 32.5 Å². The van der Waals surface area contributed by atoms with E-state index in [1.54, 1.807) is 121 Å². The highest BCUT2D eigenvalue weighted by Crippen LogP contribution is 2.38. The van der Waals surface area contributed by atoms with E-state index in [1.807, 2.05) is 0 Å². The number of para-hydroxylation sites is 4. The number of benzene rings is 6. The summed E-state index contributed by atoms with van der Waals surface area (Å²) in [6.45, 7) is 0. The molecule has 8 aromatic rings. The van der Waals surface area contributed by atoms with E-state index in [9.17, 15) is 38.4 Å². The first-order chi connectivity index (χ1) is 28.5. The predicted molar refractivity (Wildman–Crippen MR) is 216 cm³/mol. The smallest absolute Gasteiger partial charge is 0.303 e. The van der Waals surface area contributed by atoms with Crippen LogP contribution in [0.5, 0.6) is 23.3 Å². The molecule has 0 saturated carbocycles. The molecule has 0 aliphatic heterocycles. The van der Waals surface area contributed by atoms with E-state index >= 15 is 0 Å². The van der Waals surface area contributed by atoms with Gasteiger partial charge in [-0.15, -0.1) is 20.5 Å². The average Bonchev–Trinajstić information content (AvgIpc) is 3.66. The molecule has 59 heavy (non-hydrogen) atoms. The number of hydrogen-bond acceptors (Lipinski definition) is 12. The fraction of sp³-hybridized carbons (Fsp3) is 0. The van der Waals surface area contributed by atoms with Crippen LogP contribution in [-0.2, 0) is 9.84 Å². The Morgan fingerprint density at radius 3 is 1.02 bits per heavy atom. The summed E-state index contributed by atoms with van der Waals surface area (Å²) in [6, 6.07) is 40.5. The molecule has 16 nitrogen and oxygen atoms in total. The number of aromatic hydroxyl groups is 4. The Morgan fingerprint density at radius 2 is 0.695 bits per heavy atom. The van der Waals surface area contributed by atoms with Crippen LogP contribution in [-0.4, -0.2) is 47.6 Å². The van der Waals surface area contributed by atoms with Crippen molar-refractivity contribution >= 4 is 32.6 Å². The Hall–Kier alpha value is -8.31. The number of aromatic nitrogens is 4. The number of sulfone groups is 1. The Kier molecular flexibility index (Phi) is 9.76. The fourth-order valence-corrected chi connectivity index (χ4v) is 7.50. The second-order valence-electron chi connectivity index (χ2n) is 12.7. The van der Waals surface area contributed by atoms with Gasteiger partial charge in [0.15, 0.2) is 0 Å². The third-order valence-corrected chi connectivity index (χ3v) is 10.8. The van der Waals surface area contributed by atoms with Crippen molar-refractivity contribution in [3.05, 3.63) is 178 Å². The van der Waals surface area contributed by atoms with Crippen LogP contribution in [0.3, 0.4) is 0 Å². The van der Waals surface area contributed by atoms with Crippen LogP contribution in [0.25, 0.3) is 22.7 Å². The first-order valence-electron chi connectivity index (χ1n) is 17.6. The van der Waals surface area contributed by atoms with Crippen LogP contribution in [0.1, 0.15) is 0 Å². The molecule has 2 heterocycles. The van der Waals surface area contributed by atoms with Crippen LogP contribution in [0, 0.1) is 0 Å². The van der Waals surface area contributed by atoms with E-state index in [0.29, 0.717) is 22.7 Å². The predicted octanol–water partition coefficient (Wildman–Crippen LogP) is 8.06. The molecule has 8 rings (SSSR count). The molecular formula is C42H30N8O8S. The zero-order valence-electron chi connectivity index (χ0n) is 30.4. The van der Waals surface area contributed by atoms with E-state index in [0.717, 1.165) is 36.4 Å². The maximum Gasteiger partial charge on any atom is 0.303 e. The van der Waals surface area contributed by atoms with Crippen molar-refractivity contribution in [3.63, 3.8) is 0 Å². The van der Waals surface area contributed by atoms with Gasteiger partial charge in [-0.2, -0.15) is 0 Å². The quantitative estimate of drug-likeness (QED) is 0.0989. The van der Waals surface area contributed by atoms with Crippen molar-refractivity contribution in [1.29, 1.82) is 0 Å². The van der Waals surface area contributed by atoms with Gasteiger partial charge in [-0.3, -0.25) is 9.59 Å². The van der Waals surface area contributed by atoms with Crippen LogP contribution >= 0.6 is 0 Å². The van der Waals surface area contributed by atoms with Gasteiger partial charge in [-0.25, -0.2) is 27.1 Å². The van der Waals surface area contributed by atoms with Gasteiger partial charge in [0.25, 0.3) is 0 Å². The first-order valence-corrected chi connectivity index (χ1v) is 19.1. The second-order valence-corrected chi connectivity index (χ2v) is 14.7. The number of phenols is 2. The standard InChI is InChI=1S/C42H30N8O8S/c51-35-23-21-31(25-33(35)43-45-37-39(53)47(27-13-5-1-6-14-27)48(40(37)54)28-15-7-2-8-16-28)59(57,58)32-22-24-36(52)34(26-32)44-46-38-41(55)49(29-17-9-3-10-18-29)50(42(38)56)30-19-11-4-12-20-30/h1-26,51-53,55H. The minimum Gasteiger partial charge on any atom is -0.506 e. The third kappa shape index (κ3) is 6.93. The molecule has 2 aromatic heterocycles. The molecule has 0 radical (unpaired) electrons. The van der Waals surface area contributed by atoms with Gasteiger partial charge in [-0.1, -0.05) is 72.8 Å². The summed E-state index contributed by atoms with van der Waals surface area (Å²) in [5, 5.41) is 59.7. The lowest BCUT2D eigenvalue weighted by atomic mass is 10.3. The summed E-state index contributed by atoms with van der Waals surface area (Å²) in [5.41, 5.74) is -1.49. The summed E-state index contributed by atoms with van der Waals surface area (Å²) < 4.78 is 32.8. The lowest BCUT2D eigenvalue weighted by Crippen LogP contribution is -2.20. The van der Waals surface area contributed by atoms with E-state index in [-0.39, 0.29) is 21.2 Å². The topological polar surface area (TPSA) is 218 Å². The van der Waals surface area contributed by atoms with Crippen molar-refractivity contribution in [1.82, 2.24) is 18.7 Å². The van der Waals surface area contributed by atoms with Gasteiger partial charge in [-0.05, 0) is 84.9 Å². The maximum absolute atomic E-state index is 13.9. The molecule has 4 N–H and O–H groups in total. The minimum absolute atomic E-state index is 0.351. The lowest BCUT2D eigenvalue weighted by molar-refractivity contribution is 0.425. The molecule has 0 fully saturated rings. The summed E-state index contributed by atoms with van der Waals surface area (Å²) in [5.74, 6) is -2.10. The summed E-state index contributed by atoms with van der Waals surface area (Å²) in [7, 11) is -4.43. The molecule has 0 bridgehead atoms. The highest BCUT2D eigenvalue weighted by Gasteiger charge is 2.25. The average molecular weight is 807 g/mol. The number of nitrogens with zero attached hydrogens (tertiary/aromatic N) is 8. The van der Waals surface area contributed by atoms with Crippen LogP contribution in [0.15, 0.2) is 198 Å². The largest absolute Gasteiger partial charge is 0.506 e. The Bertz CT molecular complexity index is 2940. The summed E-state index contributed by atoms with van der Waals surface area (Å²) in [6.07, 6.45) is 0. The minimum atomic E-state index is -4.43. The van der Waals surface area contributed by atoms with Gasteiger partial charge in [0, 0.05) is 0 Å². The molecule has 6 aromatic carbocycles. The van der Waals surface area contributed by atoms with Crippen molar-refractivity contribution in [2.75, 3.05) is 0 Å². The maximum atomic E-state index is 13.9. The third-order valence-electron chi connectivity index (χ3n) is 9.05. The van der Waals surface area contributed by atoms with Crippen molar-refractivity contribution in [3.8, 4) is 46.0 Å². The molecule has 0 aliphatic rings. The second kappa shape index (κ2) is 15.3. The van der Waals surface area contributed by atoms with E-state index in [1.165, 1.54) is 18.7 Å². The first kappa shape index (κ1) is 37.6. The Labute approximate surface area is 333 Å². The zero-order chi connectivity index (χ0) is 41.3. The van der Waals surface area contributed by atoms with Gasteiger partial charge >= 0.3 is 11.1 Å². The van der Waals surface area contributed by atoms with Gasteiger partial charge in [0.2, 0.25) is 33.0 Å². The van der Waals surface area contributed by atoms with Gasteiger partial charge in [0.1, 0.15) is 22.9 Å². The molecule has 0 unspecified atom stereocenters. The number of phenolic OH excluding ortho intramolecular Hbond substituents is 2. The molecule has 17 heteroatoms. The van der Waals surface area contributed by atoms with Crippen LogP contribution in [0.4, 0.5) is 22.7 Å². The Morgan fingerprint density at radius 1 is 0.390 bits per heavy atom. The van der Waals surface area contributed by atoms with Crippen molar-refractivity contribution in [2.45, 2.75) is 9.79 Å². The van der Waals surface area contributed by atoms with Crippen molar-refractivity contribution in [2.24, 2.45) is 20.5 Å². The fourth-order valence-electron chi connectivity index (χ4n) is 6.20. The molecule has 0 saturated heterocycles. The van der Waals surface area contributed by atoms with E-state index in [4.69, 9.17) is 0 Å². The normalized spacial score (nSPS) is 11.8. The van der Waals surface area contributed by atoms with Crippen molar-refractivity contribution < 1.29 is 28.8 Å². The number of hydrogen-bond donors (Lipinski definition) is 4. The molecular weight excluding hydrogens is 777 g/mol. The van der Waals surface area contributed by atoms with Gasteiger partial charge < -0.3 is 20.4 Å². The highest BCUT2D eigenvalue weighted by atomic mass is 32.2. The lowest BCUT2D eigenvalue weighted by Gasteiger charge is -2.12.